The number of fused-ring (bicyclic) bond motifs is 1. The number of rotatable bonds is 3. The smallest absolute Gasteiger partial charge is 0.243 e. The van der Waals surface area contributed by atoms with Crippen LogP contribution in [0.5, 0.6) is 5.75 Å². The Bertz CT molecular complexity index is 1250. The van der Waals surface area contributed by atoms with Gasteiger partial charge in [-0.25, -0.2) is 0 Å². The molecule has 0 saturated carbocycles. The first-order valence-corrected chi connectivity index (χ1v) is 10.0. The predicted molar refractivity (Wildman–Crippen MR) is 120 cm³/mol. The highest BCUT2D eigenvalue weighted by molar-refractivity contribution is 6.12. The zero-order chi connectivity index (χ0) is 20.7. The number of phenols is 1. The van der Waals surface area contributed by atoms with Crippen molar-refractivity contribution in [1.29, 1.82) is 0 Å². The van der Waals surface area contributed by atoms with Crippen molar-refractivity contribution in [2.24, 2.45) is 0 Å². The van der Waals surface area contributed by atoms with Crippen LogP contribution in [-0.4, -0.2) is 11.0 Å². The summed E-state index contributed by atoms with van der Waals surface area (Å²) in [5.74, 6) is -0.183. The van der Waals surface area contributed by atoms with Gasteiger partial charge in [0.05, 0.1) is 11.6 Å². The zero-order valence-electron chi connectivity index (χ0n) is 16.6. The van der Waals surface area contributed by atoms with Gasteiger partial charge in [0, 0.05) is 11.3 Å². The first kappa shape index (κ1) is 18.2. The van der Waals surface area contributed by atoms with E-state index in [1.54, 1.807) is 11.0 Å². The van der Waals surface area contributed by atoms with Crippen molar-refractivity contribution < 1.29 is 9.90 Å². The third-order valence-electron chi connectivity index (χ3n) is 5.65. The summed E-state index contributed by atoms with van der Waals surface area (Å²) in [4.78, 5) is 15.4. The van der Waals surface area contributed by atoms with Gasteiger partial charge in [-0.3, -0.25) is 9.69 Å². The molecule has 1 amide bonds. The number of anilines is 2. The van der Waals surface area contributed by atoms with Gasteiger partial charge < -0.3 is 5.11 Å². The summed E-state index contributed by atoms with van der Waals surface area (Å²) in [7, 11) is 0. The lowest BCUT2D eigenvalue weighted by Crippen LogP contribution is -2.24. The molecule has 0 radical (unpaired) electrons. The fourth-order valence-corrected chi connectivity index (χ4v) is 4.26. The van der Waals surface area contributed by atoms with Crippen LogP contribution in [0.1, 0.15) is 22.6 Å². The van der Waals surface area contributed by atoms with E-state index in [9.17, 15) is 9.90 Å². The Morgan fingerprint density at radius 1 is 0.800 bits per heavy atom. The number of nitrogens with zero attached hydrogens (tertiary/aromatic N) is 1. The molecule has 0 saturated heterocycles. The maximum Gasteiger partial charge on any atom is 0.243 e. The van der Waals surface area contributed by atoms with Crippen molar-refractivity contribution in [3.05, 3.63) is 114 Å². The quantitative estimate of drug-likeness (QED) is 0.453. The largest absolute Gasteiger partial charge is 0.507 e. The van der Waals surface area contributed by atoms with E-state index in [4.69, 9.17) is 0 Å². The topological polar surface area (TPSA) is 40.5 Å². The van der Waals surface area contributed by atoms with E-state index in [0.717, 1.165) is 39.2 Å². The average molecular weight is 391 g/mol. The highest BCUT2D eigenvalue weighted by atomic mass is 16.3. The highest BCUT2D eigenvalue weighted by Crippen LogP contribution is 2.46. The summed E-state index contributed by atoms with van der Waals surface area (Å²) in [6, 6.07) is 31.2. The number of aromatic hydroxyl groups is 1. The molecule has 1 aliphatic rings. The average Bonchev–Trinajstić information content (AvgIpc) is 3.06. The summed E-state index contributed by atoms with van der Waals surface area (Å²) in [5, 5.41) is 10.5. The molecule has 1 unspecified atom stereocenters. The van der Waals surface area contributed by atoms with Crippen LogP contribution in [0.4, 0.5) is 11.4 Å². The van der Waals surface area contributed by atoms with Gasteiger partial charge in [0.15, 0.2) is 0 Å². The van der Waals surface area contributed by atoms with Crippen LogP contribution in [0, 0.1) is 6.92 Å². The van der Waals surface area contributed by atoms with E-state index < -0.39 is 5.92 Å². The van der Waals surface area contributed by atoms with E-state index in [1.807, 2.05) is 97.9 Å². The molecular weight excluding hydrogens is 370 g/mol. The lowest BCUT2D eigenvalue weighted by Gasteiger charge is -2.18. The molecule has 1 aliphatic heterocycles. The predicted octanol–water partition coefficient (Wildman–Crippen LogP) is 6.18. The monoisotopic (exact) mass is 391 g/mol. The van der Waals surface area contributed by atoms with Crippen molar-refractivity contribution in [3.63, 3.8) is 0 Å². The second-order valence-corrected chi connectivity index (χ2v) is 7.65. The Kier molecular flexibility index (Phi) is 4.36. The number of phenolic OH excluding ortho intramolecular Hbond substituents is 1. The number of hydrogen-bond donors (Lipinski definition) is 1. The van der Waals surface area contributed by atoms with Crippen molar-refractivity contribution in [2.75, 3.05) is 4.90 Å². The van der Waals surface area contributed by atoms with Gasteiger partial charge in [-0.05, 0) is 53.9 Å². The van der Waals surface area contributed by atoms with E-state index in [1.165, 1.54) is 0 Å². The van der Waals surface area contributed by atoms with E-state index in [-0.39, 0.29) is 11.7 Å². The molecule has 1 atom stereocenters. The van der Waals surface area contributed by atoms with E-state index in [2.05, 4.69) is 0 Å². The minimum absolute atomic E-state index is 0.0169. The maximum atomic E-state index is 13.6. The summed E-state index contributed by atoms with van der Waals surface area (Å²) in [6.07, 6.45) is 0. The van der Waals surface area contributed by atoms with Gasteiger partial charge in [-0.1, -0.05) is 72.3 Å². The Hall–Kier alpha value is -3.85. The number of amides is 1. The number of benzene rings is 4. The van der Waals surface area contributed by atoms with Crippen molar-refractivity contribution in [1.82, 2.24) is 0 Å². The standard InChI is InChI=1S/C27H21NO2/c1-18-8-7-9-19(16-18)23-17-20(14-15-25(23)29)26-22-12-5-6-13-24(22)28(27(26)30)21-10-3-2-4-11-21/h2-17,26,29H,1H3. The number of carbonyl (C=O) groups is 1. The van der Waals surface area contributed by atoms with Gasteiger partial charge in [0.2, 0.25) is 5.91 Å². The van der Waals surface area contributed by atoms with Gasteiger partial charge in [-0.15, -0.1) is 0 Å². The van der Waals surface area contributed by atoms with Crippen LogP contribution < -0.4 is 4.90 Å². The van der Waals surface area contributed by atoms with Crippen LogP contribution in [-0.2, 0) is 4.79 Å². The number of aryl methyl sites for hydroxylation is 1. The summed E-state index contributed by atoms with van der Waals surface area (Å²) < 4.78 is 0. The molecule has 1 heterocycles. The SMILES string of the molecule is Cc1cccc(-c2cc(C3C(=O)N(c4ccccc4)c4ccccc43)ccc2O)c1. The third kappa shape index (κ3) is 2.96. The number of hydrogen-bond acceptors (Lipinski definition) is 2. The van der Waals surface area contributed by atoms with Crippen LogP contribution in [0.2, 0.25) is 0 Å². The summed E-state index contributed by atoms with van der Waals surface area (Å²) in [6.45, 7) is 2.03. The van der Waals surface area contributed by atoms with Gasteiger partial charge in [-0.2, -0.15) is 0 Å². The molecule has 0 bridgehead atoms. The second kappa shape index (κ2) is 7.20. The first-order chi connectivity index (χ1) is 14.6. The fourth-order valence-electron chi connectivity index (χ4n) is 4.26. The molecule has 5 rings (SSSR count). The third-order valence-corrected chi connectivity index (χ3v) is 5.65. The molecule has 146 valence electrons. The van der Waals surface area contributed by atoms with Crippen LogP contribution in [0.15, 0.2) is 97.1 Å². The molecule has 3 heteroatoms. The molecule has 0 aliphatic carbocycles. The van der Waals surface area contributed by atoms with Crippen LogP contribution in [0.3, 0.4) is 0 Å². The number of carbonyl (C=O) groups excluding carboxylic acids is 1. The van der Waals surface area contributed by atoms with Gasteiger partial charge in [0.1, 0.15) is 5.75 Å². The Morgan fingerprint density at radius 2 is 1.57 bits per heavy atom. The lowest BCUT2D eigenvalue weighted by atomic mass is 9.90. The Labute approximate surface area is 175 Å². The molecule has 30 heavy (non-hydrogen) atoms. The minimum Gasteiger partial charge on any atom is -0.507 e. The number of para-hydroxylation sites is 2. The van der Waals surface area contributed by atoms with E-state index >= 15 is 0 Å². The van der Waals surface area contributed by atoms with Crippen LogP contribution >= 0.6 is 0 Å². The van der Waals surface area contributed by atoms with Crippen molar-refractivity contribution in [2.45, 2.75) is 12.8 Å². The van der Waals surface area contributed by atoms with Crippen LogP contribution in [0.25, 0.3) is 11.1 Å². The molecule has 4 aromatic carbocycles. The Morgan fingerprint density at radius 3 is 2.37 bits per heavy atom. The first-order valence-electron chi connectivity index (χ1n) is 10.0. The zero-order valence-corrected chi connectivity index (χ0v) is 16.6. The second-order valence-electron chi connectivity index (χ2n) is 7.65. The summed E-state index contributed by atoms with van der Waals surface area (Å²) >= 11 is 0. The molecule has 0 fully saturated rings. The van der Waals surface area contributed by atoms with Crippen molar-refractivity contribution in [3.8, 4) is 16.9 Å². The molecule has 0 spiro atoms. The summed E-state index contributed by atoms with van der Waals surface area (Å²) in [5.41, 5.74) is 6.41. The lowest BCUT2D eigenvalue weighted by molar-refractivity contribution is -0.117. The maximum absolute atomic E-state index is 13.6. The van der Waals surface area contributed by atoms with Gasteiger partial charge >= 0.3 is 0 Å². The molecule has 4 aromatic rings. The van der Waals surface area contributed by atoms with Crippen molar-refractivity contribution >= 4 is 17.3 Å². The highest BCUT2D eigenvalue weighted by Gasteiger charge is 2.39. The molecule has 0 aromatic heterocycles. The minimum atomic E-state index is -0.412. The Balaban J connectivity index is 1.64. The molecular formula is C27H21NO2. The molecule has 3 nitrogen and oxygen atoms in total. The normalized spacial score (nSPS) is 15.3. The van der Waals surface area contributed by atoms with E-state index in [0.29, 0.717) is 0 Å². The van der Waals surface area contributed by atoms with Gasteiger partial charge in [0.25, 0.3) is 0 Å². The molecule has 1 N–H and O–H groups in total. The fraction of sp³-hybridized carbons (Fsp3) is 0.0741.